The average molecular weight is 297 g/mol. The Bertz CT molecular complexity index is 706. The van der Waals surface area contributed by atoms with E-state index in [1.165, 1.54) is 0 Å². The molecular weight excluding hydrogens is 278 g/mol. The molecule has 0 saturated heterocycles. The smallest absolute Gasteiger partial charge is 0.314 e. The van der Waals surface area contributed by atoms with Gasteiger partial charge in [-0.05, 0) is 25.5 Å². The molecule has 2 heterocycles. The second-order valence-electron chi connectivity index (χ2n) is 5.31. The highest BCUT2D eigenvalue weighted by atomic mass is 16.2. The van der Waals surface area contributed by atoms with Crippen LogP contribution in [0.1, 0.15) is 19.2 Å². The van der Waals surface area contributed by atoms with Crippen LogP contribution in [0.5, 0.6) is 0 Å². The van der Waals surface area contributed by atoms with Crippen LogP contribution in [-0.4, -0.2) is 38.7 Å². The van der Waals surface area contributed by atoms with Gasteiger partial charge in [-0.1, -0.05) is 31.2 Å². The van der Waals surface area contributed by atoms with E-state index >= 15 is 0 Å². The van der Waals surface area contributed by atoms with Crippen LogP contribution in [0.25, 0.3) is 11.4 Å². The van der Waals surface area contributed by atoms with Crippen molar-refractivity contribution < 1.29 is 4.79 Å². The molecule has 0 unspecified atom stereocenters. The molecule has 0 saturated carbocycles. The number of amides is 2. The molecule has 3 rings (SSSR count). The van der Waals surface area contributed by atoms with Crippen molar-refractivity contribution in [2.45, 2.75) is 26.3 Å². The Balaban J connectivity index is 1.74. The molecule has 2 amide bonds. The molecule has 1 aromatic heterocycles. The van der Waals surface area contributed by atoms with Gasteiger partial charge in [0.05, 0.1) is 6.04 Å². The topological polar surface area (TPSA) is 73.9 Å². The number of hydrogen-bond acceptors (Lipinski definition) is 3. The highest BCUT2D eigenvalue weighted by molar-refractivity contribution is 5.90. The van der Waals surface area contributed by atoms with E-state index in [0.29, 0.717) is 12.4 Å². The lowest BCUT2D eigenvalue weighted by Gasteiger charge is -2.23. The van der Waals surface area contributed by atoms with Crippen molar-refractivity contribution in [3.05, 3.63) is 42.2 Å². The second kappa shape index (κ2) is 6.01. The number of H-pyrrole nitrogens is 1. The van der Waals surface area contributed by atoms with Gasteiger partial charge in [0.25, 0.3) is 0 Å². The lowest BCUT2D eigenvalue weighted by molar-refractivity contribution is 0.209. The van der Waals surface area contributed by atoms with E-state index < -0.39 is 0 Å². The molecule has 2 aromatic rings. The number of urea groups is 1. The Morgan fingerprint density at radius 3 is 3.09 bits per heavy atom. The van der Waals surface area contributed by atoms with Crippen molar-refractivity contribution in [2.24, 2.45) is 0 Å². The third-order valence-corrected chi connectivity index (χ3v) is 3.71. The monoisotopic (exact) mass is 297 g/mol. The van der Waals surface area contributed by atoms with Crippen LogP contribution in [-0.2, 0) is 0 Å². The minimum atomic E-state index is -0.0832. The van der Waals surface area contributed by atoms with E-state index in [0.717, 1.165) is 23.5 Å². The third-order valence-electron chi connectivity index (χ3n) is 3.71. The number of carbonyl (C=O) groups excluding carboxylic acids is 1. The SMILES string of the molecule is CC[C@@H]1C=CCN1C(=O)Nc1cccc(-c2n[nH]c(C)n2)c1. The zero-order valence-corrected chi connectivity index (χ0v) is 12.7. The van der Waals surface area contributed by atoms with Gasteiger partial charge in [-0.15, -0.1) is 0 Å². The molecule has 6 heteroatoms. The summed E-state index contributed by atoms with van der Waals surface area (Å²) in [5.41, 5.74) is 1.61. The maximum Gasteiger partial charge on any atom is 0.322 e. The van der Waals surface area contributed by atoms with Gasteiger partial charge in [-0.25, -0.2) is 9.78 Å². The molecule has 0 fully saturated rings. The van der Waals surface area contributed by atoms with Gasteiger partial charge < -0.3 is 10.2 Å². The molecule has 1 atom stereocenters. The van der Waals surface area contributed by atoms with Crippen molar-refractivity contribution in [1.29, 1.82) is 0 Å². The first-order chi connectivity index (χ1) is 10.7. The molecule has 22 heavy (non-hydrogen) atoms. The molecule has 1 aromatic carbocycles. The first kappa shape index (κ1) is 14.3. The highest BCUT2D eigenvalue weighted by Gasteiger charge is 2.23. The predicted molar refractivity (Wildman–Crippen MR) is 85.5 cm³/mol. The molecule has 1 aliphatic rings. The van der Waals surface area contributed by atoms with Crippen LogP contribution in [0, 0.1) is 6.92 Å². The predicted octanol–water partition coefficient (Wildman–Crippen LogP) is 2.96. The number of hydrogen-bond donors (Lipinski definition) is 2. The summed E-state index contributed by atoms with van der Waals surface area (Å²) in [6.07, 6.45) is 5.02. The first-order valence-electron chi connectivity index (χ1n) is 7.41. The maximum atomic E-state index is 12.4. The number of aromatic amines is 1. The normalized spacial score (nSPS) is 17.0. The zero-order valence-electron chi connectivity index (χ0n) is 12.7. The summed E-state index contributed by atoms with van der Waals surface area (Å²) in [5, 5.41) is 9.91. The Morgan fingerprint density at radius 1 is 1.50 bits per heavy atom. The summed E-state index contributed by atoms with van der Waals surface area (Å²) in [7, 11) is 0. The average Bonchev–Trinajstić information content (AvgIpc) is 3.16. The molecule has 2 N–H and O–H groups in total. The third kappa shape index (κ3) is 2.86. The molecule has 0 radical (unpaired) electrons. The number of anilines is 1. The van der Waals surface area contributed by atoms with E-state index in [4.69, 9.17) is 0 Å². The summed E-state index contributed by atoms with van der Waals surface area (Å²) in [4.78, 5) is 18.5. The van der Waals surface area contributed by atoms with Crippen LogP contribution in [0.2, 0.25) is 0 Å². The molecule has 1 aliphatic heterocycles. The van der Waals surface area contributed by atoms with Crippen LogP contribution in [0.4, 0.5) is 10.5 Å². The van der Waals surface area contributed by atoms with E-state index in [2.05, 4.69) is 33.5 Å². The van der Waals surface area contributed by atoms with Crippen molar-refractivity contribution in [3.8, 4) is 11.4 Å². The Morgan fingerprint density at radius 2 is 2.36 bits per heavy atom. The maximum absolute atomic E-state index is 12.4. The van der Waals surface area contributed by atoms with Crippen LogP contribution in [0.15, 0.2) is 36.4 Å². The number of benzene rings is 1. The fraction of sp³-hybridized carbons (Fsp3) is 0.312. The fourth-order valence-corrected chi connectivity index (χ4v) is 2.56. The molecule has 114 valence electrons. The van der Waals surface area contributed by atoms with Gasteiger partial charge in [-0.3, -0.25) is 5.10 Å². The van der Waals surface area contributed by atoms with Crippen LogP contribution < -0.4 is 5.32 Å². The fourth-order valence-electron chi connectivity index (χ4n) is 2.56. The van der Waals surface area contributed by atoms with E-state index in [9.17, 15) is 4.79 Å². The van der Waals surface area contributed by atoms with Crippen molar-refractivity contribution in [3.63, 3.8) is 0 Å². The molecular formula is C16H19N5O. The van der Waals surface area contributed by atoms with Gasteiger partial charge in [-0.2, -0.15) is 5.10 Å². The van der Waals surface area contributed by atoms with Crippen LogP contribution in [0.3, 0.4) is 0 Å². The van der Waals surface area contributed by atoms with E-state index in [-0.39, 0.29) is 12.1 Å². The first-order valence-corrected chi connectivity index (χ1v) is 7.41. The number of rotatable bonds is 3. The van der Waals surface area contributed by atoms with E-state index in [1.807, 2.05) is 42.2 Å². The largest absolute Gasteiger partial charge is 0.322 e. The minimum Gasteiger partial charge on any atom is -0.314 e. The Hall–Kier alpha value is -2.63. The molecule has 6 nitrogen and oxygen atoms in total. The molecule has 0 bridgehead atoms. The van der Waals surface area contributed by atoms with Gasteiger partial charge in [0.15, 0.2) is 5.82 Å². The summed E-state index contributed by atoms with van der Waals surface area (Å²) in [6.45, 7) is 4.59. The van der Waals surface area contributed by atoms with Gasteiger partial charge >= 0.3 is 6.03 Å². The number of aryl methyl sites for hydroxylation is 1. The summed E-state index contributed by atoms with van der Waals surface area (Å²) in [6, 6.07) is 7.65. The lowest BCUT2D eigenvalue weighted by Crippen LogP contribution is -2.38. The molecule has 0 spiro atoms. The van der Waals surface area contributed by atoms with E-state index in [1.54, 1.807) is 0 Å². The highest BCUT2D eigenvalue weighted by Crippen LogP contribution is 2.21. The summed E-state index contributed by atoms with van der Waals surface area (Å²) in [5.74, 6) is 1.39. The lowest BCUT2D eigenvalue weighted by atomic mass is 10.2. The quantitative estimate of drug-likeness (QED) is 0.855. The van der Waals surface area contributed by atoms with Gasteiger partial charge in [0.2, 0.25) is 0 Å². The van der Waals surface area contributed by atoms with Crippen molar-refractivity contribution in [1.82, 2.24) is 20.1 Å². The van der Waals surface area contributed by atoms with Crippen molar-refractivity contribution in [2.75, 3.05) is 11.9 Å². The zero-order chi connectivity index (χ0) is 15.5. The summed E-state index contributed by atoms with van der Waals surface area (Å²) >= 11 is 0. The Labute approximate surface area is 129 Å². The molecule has 0 aliphatic carbocycles. The van der Waals surface area contributed by atoms with Crippen molar-refractivity contribution >= 4 is 11.7 Å². The van der Waals surface area contributed by atoms with Crippen LogP contribution >= 0.6 is 0 Å². The number of nitrogens with zero attached hydrogens (tertiary/aromatic N) is 3. The van der Waals surface area contributed by atoms with Gasteiger partial charge in [0, 0.05) is 17.8 Å². The number of carbonyl (C=O) groups is 1. The van der Waals surface area contributed by atoms with Gasteiger partial charge in [0.1, 0.15) is 5.82 Å². The number of nitrogens with one attached hydrogen (secondary N) is 2. The minimum absolute atomic E-state index is 0.0832. The summed E-state index contributed by atoms with van der Waals surface area (Å²) < 4.78 is 0. The second-order valence-corrected chi connectivity index (χ2v) is 5.31. The number of aromatic nitrogens is 3. The standard InChI is InChI=1S/C16H19N5O/c1-3-14-8-5-9-21(14)16(22)18-13-7-4-6-12(10-13)15-17-11(2)19-20-15/h4-8,10,14H,3,9H2,1-2H3,(H,18,22)(H,17,19,20)/t14-/m1/s1. The Kier molecular flexibility index (Phi) is 3.91.